The molecule has 0 bridgehead atoms. The van der Waals surface area contributed by atoms with Gasteiger partial charge in [0.1, 0.15) is 10.8 Å². The molecule has 1 rings (SSSR count). The van der Waals surface area contributed by atoms with Crippen molar-refractivity contribution in [2.24, 2.45) is 4.99 Å². The van der Waals surface area contributed by atoms with E-state index in [1.54, 1.807) is 32.0 Å². The first kappa shape index (κ1) is 11.4. The smallest absolute Gasteiger partial charge is 0.128 e. The number of hydrogen-bond acceptors (Lipinski definition) is 3. The predicted octanol–water partition coefficient (Wildman–Crippen LogP) is 3.09. The fourth-order valence-electron chi connectivity index (χ4n) is 1.17. The summed E-state index contributed by atoms with van der Waals surface area (Å²) in [6.07, 6.45) is 1.97. The van der Waals surface area contributed by atoms with Crippen LogP contribution < -0.4 is 4.74 Å². The number of methoxy groups -OCH3 is 1. The molecule has 4 heteroatoms. The third-order valence-corrected chi connectivity index (χ3v) is 2.81. The van der Waals surface area contributed by atoms with Crippen LogP contribution in [0.25, 0.3) is 0 Å². The summed E-state index contributed by atoms with van der Waals surface area (Å²) in [7, 11) is 3.40. The third-order valence-electron chi connectivity index (χ3n) is 1.79. The topological polar surface area (TPSA) is 21.6 Å². The lowest BCUT2D eigenvalue weighted by Crippen LogP contribution is -1.98. The van der Waals surface area contributed by atoms with Gasteiger partial charge in [0.25, 0.3) is 0 Å². The average Bonchev–Trinajstić information content (AvgIpc) is 2.20. The Kier molecular flexibility index (Phi) is 4.29. The summed E-state index contributed by atoms with van der Waals surface area (Å²) < 4.78 is 5.23. The van der Waals surface area contributed by atoms with Crippen molar-refractivity contribution in [3.05, 3.63) is 28.8 Å². The van der Waals surface area contributed by atoms with Crippen LogP contribution in [0.5, 0.6) is 5.75 Å². The van der Waals surface area contributed by atoms with E-state index in [4.69, 9.17) is 16.3 Å². The molecule has 1 aromatic carbocycles. The zero-order valence-electron chi connectivity index (χ0n) is 8.37. The second-order valence-corrected chi connectivity index (χ2v) is 3.81. The summed E-state index contributed by atoms with van der Waals surface area (Å²) in [4.78, 5) is 4.17. The highest BCUT2D eigenvalue weighted by Gasteiger charge is 2.08. The van der Waals surface area contributed by atoms with E-state index in [2.05, 4.69) is 4.99 Å². The molecule has 0 aliphatic heterocycles. The van der Waals surface area contributed by atoms with Gasteiger partial charge in [-0.2, -0.15) is 0 Å². The predicted molar refractivity (Wildman–Crippen MR) is 64.0 cm³/mol. The molecule has 0 heterocycles. The van der Waals surface area contributed by atoms with Gasteiger partial charge in [-0.05, 0) is 24.5 Å². The number of hydrogen-bond donors (Lipinski definition) is 0. The lowest BCUT2D eigenvalue weighted by Gasteiger charge is -2.09. The zero-order valence-corrected chi connectivity index (χ0v) is 9.95. The Morgan fingerprint density at radius 2 is 2.21 bits per heavy atom. The number of aliphatic imine (C=N–C) groups is 1. The van der Waals surface area contributed by atoms with Crippen molar-refractivity contribution < 1.29 is 4.74 Å². The Labute approximate surface area is 93.3 Å². The van der Waals surface area contributed by atoms with Gasteiger partial charge in [0.05, 0.1) is 7.11 Å². The Morgan fingerprint density at radius 3 is 2.71 bits per heavy atom. The van der Waals surface area contributed by atoms with E-state index in [0.29, 0.717) is 5.02 Å². The zero-order chi connectivity index (χ0) is 10.6. The highest BCUT2D eigenvalue weighted by Crippen LogP contribution is 2.26. The van der Waals surface area contributed by atoms with E-state index in [1.807, 2.05) is 18.4 Å². The summed E-state index contributed by atoms with van der Waals surface area (Å²) >= 11 is 7.48. The molecule has 0 saturated carbocycles. The number of ether oxygens (including phenoxy) is 1. The molecular weight excluding hydrogens is 218 g/mol. The minimum Gasteiger partial charge on any atom is -0.496 e. The highest BCUT2D eigenvalue weighted by molar-refractivity contribution is 8.13. The van der Waals surface area contributed by atoms with Crippen molar-refractivity contribution in [1.82, 2.24) is 0 Å². The van der Waals surface area contributed by atoms with Gasteiger partial charge in [-0.3, -0.25) is 4.99 Å². The molecule has 0 aliphatic carbocycles. The van der Waals surface area contributed by atoms with Gasteiger partial charge in [0.15, 0.2) is 0 Å². The van der Waals surface area contributed by atoms with Gasteiger partial charge < -0.3 is 4.74 Å². The minimum atomic E-state index is 0.691. The number of benzene rings is 1. The molecule has 0 unspecified atom stereocenters. The number of thioether (sulfide) groups is 1. The van der Waals surface area contributed by atoms with Crippen LogP contribution in [0.1, 0.15) is 5.56 Å². The van der Waals surface area contributed by atoms with Gasteiger partial charge in [0, 0.05) is 17.6 Å². The Bertz CT molecular complexity index is 352. The Balaban J connectivity index is 3.22. The lowest BCUT2D eigenvalue weighted by molar-refractivity contribution is 0.414. The fraction of sp³-hybridized carbons (Fsp3) is 0.300. The molecule has 0 spiro atoms. The summed E-state index contributed by atoms with van der Waals surface area (Å²) in [6, 6.07) is 5.51. The van der Waals surface area contributed by atoms with Crippen LogP contribution in [-0.2, 0) is 0 Å². The number of nitrogens with zero attached hydrogens (tertiary/aromatic N) is 1. The van der Waals surface area contributed by atoms with Crippen LogP contribution in [0.4, 0.5) is 0 Å². The van der Waals surface area contributed by atoms with Crippen LogP contribution in [0.15, 0.2) is 23.2 Å². The molecule has 0 saturated heterocycles. The molecule has 0 radical (unpaired) electrons. The molecule has 2 nitrogen and oxygen atoms in total. The first-order valence-corrected chi connectivity index (χ1v) is 5.68. The van der Waals surface area contributed by atoms with Crippen molar-refractivity contribution in [1.29, 1.82) is 0 Å². The maximum Gasteiger partial charge on any atom is 0.128 e. The molecular formula is C10H12ClNOS. The van der Waals surface area contributed by atoms with Gasteiger partial charge in [0.2, 0.25) is 0 Å². The van der Waals surface area contributed by atoms with E-state index in [1.165, 1.54) is 0 Å². The monoisotopic (exact) mass is 229 g/mol. The lowest BCUT2D eigenvalue weighted by atomic mass is 10.2. The highest BCUT2D eigenvalue weighted by atomic mass is 35.5. The fourth-order valence-corrected chi connectivity index (χ4v) is 1.90. The average molecular weight is 230 g/mol. The summed E-state index contributed by atoms with van der Waals surface area (Å²) in [5, 5.41) is 1.61. The molecule has 0 fully saturated rings. The summed E-state index contributed by atoms with van der Waals surface area (Å²) in [5.74, 6) is 0.796. The number of rotatable bonds is 2. The Hall–Kier alpha value is -0.670. The second-order valence-electron chi connectivity index (χ2n) is 2.58. The van der Waals surface area contributed by atoms with Gasteiger partial charge in [-0.25, -0.2) is 0 Å². The normalized spacial score (nSPS) is 11.6. The summed E-state index contributed by atoms with van der Waals surface area (Å²) in [5.41, 5.74) is 0.940. The maximum atomic E-state index is 5.91. The quantitative estimate of drug-likeness (QED) is 0.574. The van der Waals surface area contributed by atoms with Crippen molar-refractivity contribution in [3.63, 3.8) is 0 Å². The molecule has 0 amide bonds. The van der Waals surface area contributed by atoms with Crippen molar-refractivity contribution in [3.8, 4) is 5.75 Å². The molecule has 0 aliphatic rings. The summed E-state index contributed by atoms with van der Waals surface area (Å²) in [6.45, 7) is 0. The molecule has 14 heavy (non-hydrogen) atoms. The van der Waals surface area contributed by atoms with Crippen molar-refractivity contribution >= 4 is 28.4 Å². The van der Waals surface area contributed by atoms with E-state index >= 15 is 0 Å². The van der Waals surface area contributed by atoms with Gasteiger partial charge in [-0.15, -0.1) is 11.8 Å². The van der Waals surface area contributed by atoms with Gasteiger partial charge >= 0.3 is 0 Å². The first-order valence-electron chi connectivity index (χ1n) is 4.07. The molecule has 76 valence electrons. The van der Waals surface area contributed by atoms with Crippen LogP contribution in [0.2, 0.25) is 5.02 Å². The van der Waals surface area contributed by atoms with Gasteiger partial charge in [-0.1, -0.05) is 11.6 Å². The van der Waals surface area contributed by atoms with Crippen LogP contribution >= 0.6 is 23.4 Å². The molecule has 0 N–H and O–H groups in total. The molecule has 1 aromatic rings. The molecule has 0 aromatic heterocycles. The Morgan fingerprint density at radius 1 is 1.50 bits per heavy atom. The third kappa shape index (κ3) is 2.42. The minimum absolute atomic E-state index is 0.691. The maximum absolute atomic E-state index is 5.91. The van der Waals surface area contributed by atoms with Crippen LogP contribution in [0.3, 0.4) is 0 Å². The first-order chi connectivity index (χ1) is 6.72. The van der Waals surface area contributed by atoms with Crippen LogP contribution in [-0.4, -0.2) is 25.5 Å². The number of halogens is 1. The van der Waals surface area contributed by atoms with Crippen molar-refractivity contribution in [2.75, 3.05) is 20.4 Å². The van der Waals surface area contributed by atoms with E-state index in [-0.39, 0.29) is 0 Å². The van der Waals surface area contributed by atoms with Crippen molar-refractivity contribution in [2.45, 2.75) is 0 Å². The van der Waals surface area contributed by atoms with Crippen LogP contribution in [0, 0.1) is 0 Å². The second kappa shape index (κ2) is 5.27. The standard InChI is InChI=1S/C10H12ClNOS/c1-12-10(14-3)8-6-7(11)4-5-9(8)13-2/h4-6H,1-3H3. The van der Waals surface area contributed by atoms with E-state index in [9.17, 15) is 0 Å². The van der Waals surface area contributed by atoms with E-state index < -0.39 is 0 Å². The SMILES string of the molecule is CN=C(SC)c1cc(Cl)ccc1OC. The van der Waals surface area contributed by atoms with E-state index in [0.717, 1.165) is 16.4 Å². The molecule has 0 atom stereocenters. The largest absolute Gasteiger partial charge is 0.496 e.